The molecule has 1 saturated heterocycles. The molecule has 5 aliphatic rings. The Morgan fingerprint density at radius 1 is 1.03 bits per heavy atom. The number of likely N-dealkylation sites (tertiary alicyclic amines) is 1. The second-order valence-electron chi connectivity index (χ2n) is 10.7. The average molecular weight is 421 g/mol. The van der Waals surface area contributed by atoms with Crippen LogP contribution in [0.25, 0.3) is 5.65 Å². The van der Waals surface area contributed by atoms with Gasteiger partial charge in [-0.05, 0) is 86.7 Å². The first kappa shape index (κ1) is 19.3. The highest BCUT2D eigenvalue weighted by atomic mass is 16.2. The van der Waals surface area contributed by atoms with Crippen molar-refractivity contribution in [3.05, 3.63) is 35.8 Å². The Kier molecular flexibility index (Phi) is 4.58. The number of nitrogens with zero attached hydrogens (tertiary/aromatic N) is 3. The molecule has 6 nitrogen and oxygen atoms in total. The third-order valence-electron chi connectivity index (χ3n) is 8.35. The van der Waals surface area contributed by atoms with Crippen LogP contribution in [-0.2, 0) is 11.2 Å². The predicted octanol–water partition coefficient (Wildman–Crippen LogP) is 3.45. The van der Waals surface area contributed by atoms with Gasteiger partial charge in [0, 0.05) is 25.8 Å². The van der Waals surface area contributed by atoms with Crippen LogP contribution in [0.4, 0.5) is 0 Å². The van der Waals surface area contributed by atoms with Crippen LogP contribution < -0.4 is 5.32 Å². The number of carbonyl (C=O) groups excluding carboxylic acids is 2. The van der Waals surface area contributed by atoms with Crippen LogP contribution >= 0.6 is 0 Å². The Labute approximate surface area is 183 Å². The Bertz CT molecular complexity index is 984. The number of hydrogen-bond donors (Lipinski definition) is 1. The maximum atomic E-state index is 13.2. The molecule has 4 bridgehead atoms. The molecule has 1 aliphatic heterocycles. The summed E-state index contributed by atoms with van der Waals surface area (Å²) in [5, 5.41) is 3.28. The van der Waals surface area contributed by atoms with Gasteiger partial charge in [0.15, 0.2) is 0 Å². The molecule has 2 amide bonds. The summed E-state index contributed by atoms with van der Waals surface area (Å²) in [6.45, 7) is 2.50. The first-order chi connectivity index (χ1) is 15.1. The molecule has 3 heterocycles. The lowest BCUT2D eigenvalue weighted by molar-refractivity contribution is -0.129. The van der Waals surface area contributed by atoms with Crippen LogP contribution in [0.3, 0.4) is 0 Å². The van der Waals surface area contributed by atoms with E-state index < -0.39 is 0 Å². The lowest BCUT2D eigenvalue weighted by atomic mass is 9.49. The van der Waals surface area contributed by atoms with Crippen molar-refractivity contribution in [3.8, 4) is 0 Å². The van der Waals surface area contributed by atoms with E-state index in [0.29, 0.717) is 17.5 Å². The van der Waals surface area contributed by atoms with Gasteiger partial charge in [-0.2, -0.15) is 0 Å². The molecule has 0 radical (unpaired) electrons. The zero-order chi connectivity index (χ0) is 21.0. The molecule has 6 heteroatoms. The fourth-order valence-electron chi connectivity index (χ4n) is 7.43. The van der Waals surface area contributed by atoms with Gasteiger partial charge >= 0.3 is 0 Å². The Morgan fingerprint density at radius 2 is 1.71 bits per heavy atom. The number of fused-ring (bicyclic) bond motifs is 1. The van der Waals surface area contributed by atoms with E-state index in [1.54, 1.807) is 0 Å². The summed E-state index contributed by atoms with van der Waals surface area (Å²) >= 11 is 0. The number of aromatic nitrogens is 2. The van der Waals surface area contributed by atoms with Crippen LogP contribution in [0.5, 0.6) is 0 Å². The monoisotopic (exact) mass is 420 g/mol. The highest BCUT2D eigenvalue weighted by Crippen LogP contribution is 2.59. The maximum absolute atomic E-state index is 13.2. The summed E-state index contributed by atoms with van der Waals surface area (Å²) in [5.74, 6) is 2.76. The fourth-order valence-corrected chi connectivity index (χ4v) is 7.43. The SMILES string of the molecule is O=C(NCC12CC3CC(CC(C3)C1)C2)c1cccc2nc(CC(=O)N3CCCC3)cn12. The molecule has 5 fully saturated rings. The highest BCUT2D eigenvalue weighted by Gasteiger charge is 2.50. The molecule has 0 atom stereocenters. The summed E-state index contributed by atoms with van der Waals surface area (Å²) < 4.78 is 1.85. The number of amides is 2. The van der Waals surface area contributed by atoms with Gasteiger partial charge in [-0.15, -0.1) is 0 Å². The summed E-state index contributed by atoms with van der Waals surface area (Å²) in [5.41, 5.74) is 2.39. The van der Waals surface area contributed by atoms with E-state index in [9.17, 15) is 9.59 Å². The normalized spacial score (nSPS) is 31.5. The quantitative estimate of drug-likeness (QED) is 0.806. The minimum atomic E-state index is -0.0313. The highest BCUT2D eigenvalue weighted by molar-refractivity contribution is 5.93. The molecule has 31 heavy (non-hydrogen) atoms. The van der Waals surface area contributed by atoms with Crippen molar-refractivity contribution in [3.63, 3.8) is 0 Å². The van der Waals surface area contributed by atoms with E-state index in [0.717, 1.165) is 61.6 Å². The van der Waals surface area contributed by atoms with Crippen molar-refractivity contribution < 1.29 is 9.59 Å². The van der Waals surface area contributed by atoms with Gasteiger partial charge in [0.1, 0.15) is 11.3 Å². The minimum absolute atomic E-state index is 0.0313. The number of pyridine rings is 1. The third kappa shape index (κ3) is 3.54. The Morgan fingerprint density at radius 3 is 2.39 bits per heavy atom. The van der Waals surface area contributed by atoms with E-state index >= 15 is 0 Å². The Hall–Kier alpha value is -2.37. The van der Waals surface area contributed by atoms with Gasteiger partial charge < -0.3 is 10.2 Å². The van der Waals surface area contributed by atoms with E-state index in [1.807, 2.05) is 33.7 Å². The van der Waals surface area contributed by atoms with Crippen LogP contribution in [0.15, 0.2) is 24.4 Å². The first-order valence-electron chi connectivity index (χ1n) is 12.1. The van der Waals surface area contributed by atoms with E-state index in [1.165, 1.54) is 38.5 Å². The predicted molar refractivity (Wildman–Crippen MR) is 118 cm³/mol. The van der Waals surface area contributed by atoms with E-state index in [2.05, 4.69) is 10.3 Å². The molecule has 4 saturated carbocycles. The van der Waals surface area contributed by atoms with Gasteiger partial charge in [0.2, 0.25) is 5.91 Å². The molecule has 7 rings (SSSR count). The van der Waals surface area contributed by atoms with E-state index in [4.69, 9.17) is 0 Å². The molecule has 0 unspecified atom stereocenters. The smallest absolute Gasteiger partial charge is 0.268 e. The fraction of sp³-hybridized carbons (Fsp3) is 0.640. The Balaban J connectivity index is 1.17. The lowest BCUT2D eigenvalue weighted by Crippen LogP contribution is -2.51. The third-order valence-corrected chi connectivity index (χ3v) is 8.35. The second-order valence-corrected chi connectivity index (χ2v) is 10.7. The topological polar surface area (TPSA) is 66.7 Å². The summed E-state index contributed by atoms with van der Waals surface area (Å²) in [7, 11) is 0. The zero-order valence-corrected chi connectivity index (χ0v) is 18.2. The van der Waals surface area contributed by atoms with E-state index in [-0.39, 0.29) is 11.8 Å². The summed E-state index contributed by atoms with van der Waals surface area (Å²) in [6.07, 6.45) is 12.5. The standard InChI is InChI=1S/C25H32N4O2/c30-23(28-6-1-2-7-28)11-20-15-29-21(4-3-5-22(29)27-20)24(31)26-16-25-12-17-8-18(13-25)10-19(9-17)14-25/h3-5,15,17-19H,1-2,6-14,16H2,(H,26,31). The van der Waals surface area contributed by atoms with Crippen LogP contribution in [0, 0.1) is 23.2 Å². The first-order valence-corrected chi connectivity index (χ1v) is 12.1. The maximum Gasteiger partial charge on any atom is 0.268 e. The molecule has 4 aliphatic carbocycles. The van der Waals surface area contributed by atoms with Gasteiger partial charge in [0.25, 0.3) is 5.91 Å². The number of nitrogens with one attached hydrogen (secondary N) is 1. The molecular formula is C25H32N4O2. The molecule has 0 aromatic carbocycles. The summed E-state index contributed by atoms with van der Waals surface area (Å²) in [4.78, 5) is 32.2. The van der Waals surface area contributed by atoms with Crippen molar-refractivity contribution >= 4 is 17.5 Å². The molecule has 164 valence electrons. The van der Waals surface area contributed by atoms with Gasteiger partial charge in [-0.1, -0.05) is 6.07 Å². The van der Waals surface area contributed by atoms with Gasteiger partial charge in [0.05, 0.1) is 12.1 Å². The van der Waals surface area contributed by atoms with Gasteiger partial charge in [-0.25, -0.2) is 4.98 Å². The average Bonchev–Trinajstić information content (AvgIpc) is 3.40. The minimum Gasteiger partial charge on any atom is -0.350 e. The molecule has 2 aromatic rings. The van der Waals surface area contributed by atoms with Crippen LogP contribution in [0.2, 0.25) is 0 Å². The van der Waals surface area contributed by atoms with Crippen molar-refractivity contribution in [1.82, 2.24) is 19.6 Å². The largest absolute Gasteiger partial charge is 0.350 e. The molecule has 1 N–H and O–H groups in total. The van der Waals surface area contributed by atoms with Gasteiger partial charge in [-0.3, -0.25) is 14.0 Å². The van der Waals surface area contributed by atoms with Crippen molar-refractivity contribution in [2.24, 2.45) is 23.2 Å². The molecule has 0 spiro atoms. The van der Waals surface area contributed by atoms with Crippen LogP contribution in [-0.4, -0.2) is 45.7 Å². The number of imidazole rings is 1. The number of carbonyl (C=O) groups is 2. The molecule has 2 aromatic heterocycles. The number of hydrogen-bond acceptors (Lipinski definition) is 3. The number of rotatable bonds is 5. The summed E-state index contributed by atoms with van der Waals surface area (Å²) in [6, 6.07) is 5.64. The molecular weight excluding hydrogens is 388 g/mol. The second kappa shape index (κ2) is 7.35. The van der Waals surface area contributed by atoms with Crippen molar-refractivity contribution in [1.29, 1.82) is 0 Å². The van der Waals surface area contributed by atoms with Crippen molar-refractivity contribution in [2.45, 2.75) is 57.8 Å². The van der Waals surface area contributed by atoms with Crippen molar-refractivity contribution in [2.75, 3.05) is 19.6 Å². The van der Waals surface area contributed by atoms with Crippen LogP contribution in [0.1, 0.15) is 67.5 Å². The lowest BCUT2D eigenvalue weighted by Gasteiger charge is -2.56. The zero-order valence-electron chi connectivity index (χ0n) is 18.2.